The number of hydrogen-bond donors (Lipinski definition) is 1. The summed E-state index contributed by atoms with van der Waals surface area (Å²) in [5, 5.41) is 15.4. The second-order valence-corrected chi connectivity index (χ2v) is 12.0. The van der Waals surface area contributed by atoms with Gasteiger partial charge in [-0.15, -0.1) is 22.7 Å². The van der Waals surface area contributed by atoms with Crippen LogP contribution in [0.25, 0.3) is 0 Å². The summed E-state index contributed by atoms with van der Waals surface area (Å²) in [4.78, 5) is 14.8. The third-order valence-electron chi connectivity index (χ3n) is 7.81. The lowest BCUT2D eigenvalue weighted by atomic mass is 9.92. The molecule has 3 aromatic rings. The van der Waals surface area contributed by atoms with Gasteiger partial charge in [0, 0.05) is 24.7 Å². The lowest BCUT2D eigenvalue weighted by Gasteiger charge is -2.40. The highest BCUT2D eigenvalue weighted by Gasteiger charge is 2.57. The molecule has 182 valence electrons. The first-order valence-corrected chi connectivity index (χ1v) is 13.5. The van der Waals surface area contributed by atoms with Gasteiger partial charge in [-0.1, -0.05) is 42.5 Å². The molecule has 0 aliphatic heterocycles. The van der Waals surface area contributed by atoms with E-state index < -0.39 is 11.6 Å². The van der Waals surface area contributed by atoms with Crippen molar-refractivity contribution in [2.75, 3.05) is 20.6 Å². The summed E-state index contributed by atoms with van der Waals surface area (Å²) >= 11 is 2.79. The fourth-order valence-corrected chi connectivity index (χ4v) is 7.66. The zero-order valence-corrected chi connectivity index (χ0v) is 22.8. The second-order valence-electron chi connectivity index (χ2n) is 10.1. The molecule has 2 saturated carbocycles. The highest BCUT2D eigenvalue weighted by atomic mass is 79.9. The molecule has 2 aromatic heterocycles. The van der Waals surface area contributed by atoms with E-state index >= 15 is 0 Å². The largest absolute Gasteiger partial charge is 1.00 e. The molecule has 1 aromatic carbocycles. The van der Waals surface area contributed by atoms with E-state index in [0.29, 0.717) is 27.6 Å². The van der Waals surface area contributed by atoms with Gasteiger partial charge >= 0.3 is 5.97 Å². The first kappa shape index (κ1) is 25.6. The van der Waals surface area contributed by atoms with Gasteiger partial charge in [0.2, 0.25) is 5.60 Å². The smallest absolute Gasteiger partial charge is 0.349 e. The number of hydrogen-bond acceptors (Lipinski definition) is 5. The van der Waals surface area contributed by atoms with Crippen LogP contribution in [-0.4, -0.2) is 48.3 Å². The van der Waals surface area contributed by atoms with Gasteiger partial charge in [-0.3, -0.25) is 0 Å². The Hall–Kier alpha value is -1.51. The number of aliphatic hydroxyl groups is 1. The zero-order valence-electron chi connectivity index (χ0n) is 19.6. The number of nitrogens with zero attached hydrogens (tertiary/aromatic N) is 1. The number of carbonyl (C=O) groups is 1. The Kier molecular flexibility index (Phi) is 7.70. The number of likely N-dealkylation sites (N-methyl/N-ethyl adjacent to an activating group) is 1. The molecule has 7 heteroatoms. The van der Waals surface area contributed by atoms with Gasteiger partial charge in [0.1, 0.15) is 6.10 Å². The Morgan fingerprint density at radius 3 is 2.26 bits per heavy atom. The van der Waals surface area contributed by atoms with Crippen molar-refractivity contribution in [1.29, 1.82) is 0 Å². The Labute approximate surface area is 220 Å². The molecule has 2 fully saturated rings. The minimum absolute atomic E-state index is 0. The minimum atomic E-state index is -1.72. The van der Waals surface area contributed by atoms with Crippen molar-refractivity contribution in [3.63, 3.8) is 0 Å². The number of halogens is 1. The lowest BCUT2D eigenvalue weighted by molar-refractivity contribution is -0.918. The van der Waals surface area contributed by atoms with Crippen LogP contribution in [0.2, 0.25) is 0 Å². The maximum Gasteiger partial charge on any atom is 0.349 e. The van der Waals surface area contributed by atoms with Crippen LogP contribution in [0.3, 0.4) is 0 Å². The number of rotatable bonds is 8. The lowest BCUT2D eigenvalue weighted by Crippen LogP contribution is -3.00. The van der Waals surface area contributed by atoms with E-state index in [9.17, 15) is 9.90 Å². The number of benzene rings is 1. The number of thiophene rings is 2. The number of ether oxygens (including phenoxy) is 1. The van der Waals surface area contributed by atoms with E-state index in [1.165, 1.54) is 28.2 Å². The van der Waals surface area contributed by atoms with Gasteiger partial charge in [0.15, 0.2) is 0 Å². The van der Waals surface area contributed by atoms with Gasteiger partial charge in [-0.25, -0.2) is 4.79 Å². The van der Waals surface area contributed by atoms with Gasteiger partial charge in [-0.2, -0.15) is 0 Å². The van der Waals surface area contributed by atoms with Crippen molar-refractivity contribution in [2.24, 2.45) is 11.8 Å². The van der Waals surface area contributed by atoms with Crippen molar-refractivity contribution in [2.45, 2.75) is 43.4 Å². The summed E-state index contributed by atoms with van der Waals surface area (Å²) in [6.45, 7) is 1.06. The summed E-state index contributed by atoms with van der Waals surface area (Å²) in [6, 6.07) is 18.5. The van der Waals surface area contributed by atoms with Gasteiger partial charge in [-0.05, 0) is 41.3 Å². The molecule has 2 heterocycles. The highest BCUT2D eigenvalue weighted by molar-refractivity contribution is 7.12. The predicted octanol–water partition coefficient (Wildman–Crippen LogP) is 2.08. The molecule has 0 spiro atoms. The maximum atomic E-state index is 13.5. The summed E-state index contributed by atoms with van der Waals surface area (Å²) in [6.07, 6.45) is 4.22. The van der Waals surface area contributed by atoms with Crippen molar-refractivity contribution >= 4 is 28.6 Å². The Morgan fingerprint density at radius 2 is 1.68 bits per heavy atom. The van der Waals surface area contributed by atoms with Crippen molar-refractivity contribution < 1.29 is 36.1 Å². The predicted molar refractivity (Wildman–Crippen MR) is 133 cm³/mol. The average molecular weight is 563 g/mol. The van der Waals surface area contributed by atoms with Gasteiger partial charge in [0.25, 0.3) is 0 Å². The fourth-order valence-electron chi connectivity index (χ4n) is 5.95. The highest BCUT2D eigenvalue weighted by Crippen LogP contribution is 2.50. The summed E-state index contributed by atoms with van der Waals surface area (Å²) in [7, 11) is 4.64. The topological polar surface area (TPSA) is 46.5 Å². The molecule has 34 heavy (non-hydrogen) atoms. The van der Waals surface area contributed by atoms with Crippen molar-refractivity contribution in [1.82, 2.24) is 0 Å². The van der Waals surface area contributed by atoms with Crippen molar-refractivity contribution in [3.8, 4) is 0 Å². The third kappa shape index (κ3) is 4.65. The van der Waals surface area contributed by atoms with Crippen LogP contribution in [-0.2, 0) is 21.6 Å². The molecule has 0 amide bonds. The molecule has 5 rings (SSSR count). The molecule has 4 atom stereocenters. The number of quaternary nitrogens is 1. The minimum Gasteiger partial charge on any atom is -1.00 e. The summed E-state index contributed by atoms with van der Waals surface area (Å²) < 4.78 is 7.15. The van der Waals surface area contributed by atoms with E-state index in [1.807, 2.05) is 35.0 Å². The van der Waals surface area contributed by atoms with Crippen LogP contribution in [0.15, 0.2) is 65.4 Å². The first-order valence-electron chi connectivity index (χ1n) is 11.8. The van der Waals surface area contributed by atoms with E-state index in [1.54, 1.807) is 0 Å². The monoisotopic (exact) mass is 561 g/mol. The van der Waals surface area contributed by atoms with Crippen LogP contribution in [0, 0.1) is 11.8 Å². The molecule has 1 N–H and O–H groups in total. The zero-order chi connectivity index (χ0) is 23.1. The number of fused-ring (bicyclic) bond motifs is 2. The molecule has 2 aliphatic carbocycles. The number of carbonyl (C=O) groups excluding carboxylic acids is 1. The summed E-state index contributed by atoms with van der Waals surface area (Å²) in [5.41, 5.74) is -0.357. The maximum absolute atomic E-state index is 13.5. The average Bonchev–Trinajstić information content (AvgIpc) is 3.64. The van der Waals surface area contributed by atoms with Crippen LogP contribution >= 0.6 is 22.7 Å². The molecule has 4 unspecified atom stereocenters. The normalized spacial score (nSPS) is 24.1. The van der Waals surface area contributed by atoms with Crippen LogP contribution in [0.5, 0.6) is 0 Å². The Balaban J connectivity index is 0.00000274. The standard InChI is InChI=1S/C27H32NO3S2.BrH/c1-28(2,15-14-19-8-4-3-5-9-19)22-18-20-12-13-21(22)25(20)31-26(29)27(30,23-10-6-16-32-23)24-11-7-17-33-24;/h3-11,16-17,20-22,25,30H,12-15,18H2,1-2H3;1H/q+1;/p-1. The van der Waals surface area contributed by atoms with Crippen LogP contribution in [0.4, 0.5) is 0 Å². The van der Waals surface area contributed by atoms with Gasteiger partial charge in [0.05, 0.1) is 36.4 Å². The van der Waals surface area contributed by atoms with Crippen LogP contribution in [0.1, 0.15) is 34.6 Å². The van der Waals surface area contributed by atoms with E-state index in [-0.39, 0.29) is 23.1 Å². The van der Waals surface area contributed by atoms with Crippen LogP contribution < -0.4 is 17.0 Å². The summed E-state index contributed by atoms with van der Waals surface area (Å²) in [5.74, 6) is 0.208. The molecule has 2 aliphatic rings. The first-order chi connectivity index (χ1) is 15.9. The van der Waals surface area contributed by atoms with Crippen molar-refractivity contribution in [3.05, 3.63) is 80.7 Å². The molecule has 0 saturated heterocycles. The molecule has 2 bridgehead atoms. The molecule has 0 radical (unpaired) electrons. The Morgan fingerprint density at radius 1 is 1.03 bits per heavy atom. The van der Waals surface area contributed by atoms with E-state index in [0.717, 1.165) is 36.7 Å². The quantitative estimate of drug-likeness (QED) is 0.338. The second kappa shape index (κ2) is 10.2. The Bertz CT molecular complexity index is 1030. The number of esters is 1. The molecule has 4 nitrogen and oxygen atoms in total. The SMILES string of the molecule is C[N+](C)(CCc1ccccc1)C1CC2CCC1C2OC(=O)C(O)(c1cccs1)c1cccs1.[Br-]. The third-order valence-corrected chi connectivity index (χ3v) is 9.76. The fraction of sp³-hybridized carbons (Fsp3) is 0.444. The van der Waals surface area contributed by atoms with Gasteiger partial charge < -0.3 is 31.3 Å². The van der Waals surface area contributed by atoms with E-state index in [4.69, 9.17) is 4.74 Å². The van der Waals surface area contributed by atoms with E-state index in [2.05, 4.69) is 44.4 Å². The molecular formula is C27H32BrNO3S2. The molecular weight excluding hydrogens is 530 g/mol.